The van der Waals surface area contributed by atoms with E-state index >= 15 is 0 Å². The molecule has 0 bridgehead atoms. The Balaban J connectivity index is 1.39. The van der Waals surface area contributed by atoms with Gasteiger partial charge >= 0.3 is 6.09 Å². The predicted molar refractivity (Wildman–Crippen MR) is 121 cm³/mol. The number of ether oxygens (including phenoxy) is 2. The van der Waals surface area contributed by atoms with Crippen LogP contribution in [0.2, 0.25) is 0 Å². The van der Waals surface area contributed by atoms with E-state index in [0.717, 1.165) is 25.3 Å². The van der Waals surface area contributed by atoms with Crippen molar-refractivity contribution in [1.29, 1.82) is 0 Å². The zero-order chi connectivity index (χ0) is 21.5. The van der Waals surface area contributed by atoms with Gasteiger partial charge in [0.2, 0.25) is 0 Å². The first-order valence-corrected chi connectivity index (χ1v) is 10.7. The van der Waals surface area contributed by atoms with Crippen LogP contribution in [-0.2, 0) is 11.3 Å². The molecule has 0 radical (unpaired) electrons. The minimum absolute atomic E-state index is 0.0733. The molecule has 31 heavy (non-hydrogen) atoms. The van der Waals surface area contributed by atoms with Crippen LogP contribution in [0.4, 0.5) is 4.79 Å². The summed E-state index contributed by atoms with van der Waals surface area (Å²) in [4.78, 5) is 10.5. The Morgan fingerprint density at radius 3 is 2.81 bits per heavy atom. The summed E-state index contributed by atoms with van der Waals surface area (Å²) in [6.07, 6.45) is 0.0227. The second kappa shape index (κ2) is 10.3. The number of fused-ring (bicyclic) bond motifs is 1. The number of piperidine rings is 1. The smallest absolute Gasteiger partial charge is 0.404 e. The summed E-state index contributed by atoms with van der Waals surface area (Å²) in [7, 11) is 0. The summed E-state index contributed by atoms with van der Waals surface area (Å²) in [5, 5.41) is 16.9. The molecule has 2 unspecified atom stereocenters. The van der Waals surface area contributed by atoms with Gasteiger partial charge in [-0.05, 0) is 53.1 Å². The third kappa shape index (κ3) is 5.75. The number of benzene rings is 3. The Hall–Kier alpha value is -3.09. The second-order valence-corrected chi connectivity index (χ2v) is 7.78. The standard InChI is InChI=1S/C25H28N2O4/c28-25(29)27-12-13-30-22-7-3-6-21(15-22)23-10-11-26-16-24(23)31-17-18-8-9-19-4-1-2-5-20(19)14-18/h1-9,14-15,23-24,26-27H,10-13,16-17H2,(H,28,29). The van der Waals surface area contributed by atoms with Crippen molar-refractivity contribution in [2.45, 2.75) is 25.0 Å². The summed E-state index contributed by atoms with van der Waals surface area (Å²) >= 11 is 0. The van der Waals surface area contributed by atoms with Crippen molar-refractivity contribution in [2.75, 3.05) is 26.2 Å². The quantitative estimate of drug-likeness (QED) is 0.477. The van der Waals surface area contributed by atoms with Crippen LogP contribution in [0.25, 0.3) is 10.8 Å². The molecule has 1 saturated heterocycles. The summed E-state index contributed by atoms with van der Waals surface area (Å²) < 4.78 is 12.1. The molecule has 6 heteroatoms. The molecule has 0 aliphatic carbocycles. The highest BCUT2D eigenvalue weighted by Gasteiger charge is 2.27. The molecule has 0 aromatic heterocycles. The lowest BCUT2D eigenvalue weighted by atomic mass is 9.87. The third-order valence-corrected chi connectivity index (χ3v) is 5.64. The Labute approximate surface area is 182 Å². The van der Waals surface area contributed by atoms with Crippen LogP contribution >= 0.6 is 0 Å². The molecule has 1 amide bonds. The number of nitrogens with one attached hydrogen (secondary N) is 2. The van der Waals surface area contributed by atoms with Crippen LogP contribution in [0.1, 0.15) is 23.5 Å². The molecular formula is C25H28N2O4. The summed E-state index contributed by atoms with van der Waals surface area (Å²) in [5.41, 5.74) is 2.36. The first-order chi connectivity index (χ1) is 15.2. The van der Waals surface area contributed by atoms with E-state index in [4.69, 9.17) is 14.6 Å². The molecular weight excluding hydrogens is 392 g/mol. The minimum Gasteiger partial charge on any atom is -0.492 e. The van der Waals surface area contributed by atoms with Crippen molar-refractivity contribution in [2.24, 2.45) is 0 Å². The zero-order valence-electron chi connectivity index (χ0n) is 17.4. The fourth-order valence-corrected chi connectivity index (χ4v) is 4.08. The maximum atomic E-state index is 10.5. The lowest BCUT2D eigenvalue weighted by Gasteiger charge is -2.32. The van der Waals surface area contributed by atoms with Crippen molar-refractivity contribution in [3.8, 4) is 5.75 Å². The number of hydrogen-bond donors (Lipinski definition) is 3. The number of hydrogen-bond acceptors (Lipinski definition) is 4. The number of amides is 1. The second-order valence-electron chi connectivity index (χ2n) is 7.78. The van der Waals surface area contributed by atoms with Crippen LogP contribution in [-0.4, -0.2) is 43.5 Å². The van der Waals surface area contributed by atoms with Crippen molar-refractivity contribution in [1.82, 2.24) is 10.6 Å². The maximum Gasteiger partial charge on any atom is 0.404 e. The zero-order valence-corrected chi connectivity index (χ0v) is 17.4. The van der Waals surface area contributed by atoms with Gasteiger partial charge in [-0.2, -0.15) is 0 Å². The molecule has 0 spiro atoms. The Morgan fingerprint density at radius 2 is 1.94 bits per heavy atom. The van der Waals surface area contributed by atoms with Gasteiger partial charge in [0.25, 0.3) is 0 Å². The van der Waals surface area contributed by atoms with E-state index in [1.54, 1.807) is 0 Å². The van der Waals surface area contributed by atoms with Gasteiger partial charge in [-0.15, -0.1) is 0 Å². The molecule has 1 fully saturated rings. The van der Waals surface area contributed by atoms with Crippen molar-refractivity contribution in [3.63, 3.8) is 0 Å². The average Bonchev–Trinajstić information content (AvgIpc) is 2.81. The SMILES string of the molecule is O=C(O)NCCOc1cccc(C2CCNCC2OCc2ccc3ccccc3c2)c1. The largest absolute Gasteiger partial charge is 0.492 e. The van der Waals surface area contributed by atoms with Crippen LogP contribution in [0.3, 0.4) is 0 Å². The first-order valence-electron chi connectivity index (χ1n) is 10.7. The summed E-state index contributed by atoms with van der Waals surface area (Å²) in [6.45, 7) is 2.89. The fourth-order valence-electron chi connectivity index (χ4n) is 4.08. The molecule has 1 heterocycles. The predicted octanol–water partition coefficient (Wildman–Crippen LogP) is 4.15. The van der Waals surface area contributed by atoms with Gasteiger partial charge in [0.15, 0.2) is 0 Å². The number of carboxylic acid groups (broad SMARTS) is 1. The third-order valence-electron chi connectivity index (χ3n) is 5.64. The topological polar surface area (TPSA) is 79.8 Å². The van der Waals surface area contributed by atoms with Gasteiger partial charge in [-0.1, -0.05) is 48.5 Å². The van der Waals surface area contributed by atoms with E-state index in [9.17, 15) is 4.79 Å². The van der Waals surface area contributed by atoms with E-state index in [0.29, 0.717) is 13.2 Å². The highest BCUT2D eigenvalue weighted by atomic mass is 16.5. The molecule has 0 saturated carbocycles. The highest BCUT2D eigenvalue weighted by molar-refractivity contribution is 5.82. The van der Waals surface area contributed by atoms with Crippen LogP contribution in [0.5, 0.6) is 5.75 Å². The molecule has 162 valence electrons. The molecule has 3 N–H and O–H groups in total. The fraction of sp³-hybridized carbons (Fsp3) is 0.320. The average molecular weight is 421 g/mol. The van der Waals surface area contributed by atoms with Crippen LogP contribution in [0.15, 0.2) is 66.7 Å². The monoisotopic (exact) mass is 420 g/mol. The van der Waals surface area contributed by atoms with Gasteiger partial charge in [0.1, 0.15) is 12.4 Å². The maximum absolute atomic E-state index is 10.5. The van der Waals surface area contributed by atoms with E-state index in [2.05, 4.69) is 59.2 Å². The Morgan fingerprint density at radius 1 is 1.06 bits per heavy atom. The Bertz CT molecular complexity index is 1020. The van der Waals surface area contributed by atoms with Gasteiger partial charge in [-0.25, -0.2) is 4.79 Å². The lowest BCUT2D eigenvalue weighted by Crippen LogP contribution is -2.41. The molecule has 1 aliphatic rings. The normalized spacial score (nSPS) is 18.6. The molecule has 3 aromatic rings. The van der Waals surface area contributed by atoms with Crippen LogP contribution in [0, 0.1) is 0 Å². The van der Waals surface area contributed by atoms with E-state index < -0.39 is 6.09 Å². The summed E-state index contributed by atoms with van der Waals surface area (Å²) in [5.74, 6) is 1.03. The lowest BCUT2D eigenvalue weighted by molar-refractivity contribution is 0.0106. The first kappa shape index (κ1) is 21.2. The number of rotatable bonds is 8. The highest BCUT2D eigenvalue weighted by Crippen LogP contribution is 2.30. The molecule has 1 aliphatic heterocycles. The van der Waals surface area contributed by atoms with E-state index in [-0.39, 0.29) is 18.6 Å². The van der Waals surface area contributed by atoms with Crippen molar-refractivity contribution in [3.05, 3.63) is 77.9 Å². The minimum atomic E-state index is -1.04. The van der Waals surface area contributed by atoms with Crippen molar-refractivity contribution >= 4 is 16.9 Å². The molecule has 4 rings (SSSR count). The van der Waals surface area contributed by atoms with E-state index in [1.807, 2.05) is 18.2 Å². The Kier molecular flexibility index (Phi) is 7.02. The molecule has 2 atom stereocenters. The van der Waals surface area contributed by atoms with Gasteiger partial charge in [0.05, 0.1) is 19.3 Å². The van der Waals surface area contributed by atoms with E-state index in [1.165, 1.54) is 21.9 Å². The van der Waals surface area contributed by atoms with Crippen molar-refractivity contribution < 1.29 is 19.4 Å². The van der Waals surface area contributed by atoms with Crippen LogP contribution < -0.4 is 15.4 Å². The van der Waals surface area contributed by atoms with Gasteiger partial charge in [0, 0.05) is 12.5 Å². The molecule has 3 aromatic carbocycles. The van der Waals surface area contributed by atoms with Gasteiger partial charge < -0.3 is 25.2 Å². The summed E-state index contributed by atoms with van der Waals surface area (Å²) in [6, 6.07) is 22.9. The number of carbonyl (C=O) groups is 1. The molecule has 6 nitrogen and oxygen atoms in total. The van der Waals surface area contributed by atoms with Gasteiger partial charge in [-0.3, -0.25) is 0 Å².